The van der Waals surface area contributed by atoms with Gasteiger partial charge in [0.2, 0.25) is 0 Å². The normalized spacial score (nSPS) is 21.9. The lowest BCUT2D eigenvalue weighted by molar-refractivity contribution is 0.0927. The average molecular weight is 367 g/mol. The summed E-state index contributed by atoms with van der Waals surface area (Å²) >= 11 is 0. The highest BCUT2D eigenvalue weighted by atomic mass is 16.2. The monoisotopic (exact) mass is 367 g/mol. The molecule has 1 aliphatic heterocycles. The number of hydrogen-bond acceptors (Lipinski definition) is 3. The number of urea groups is 1. The molecule has 7 heteroatoms. The Morgan fingerprint density at radius 1 is 1.19 bits per heavy atom. The van der Waals surface area contributed by atoms with Gasteiger partial charge >= 0.3 is 6.03 Å². The third-order valence-electron chi connectivity index (χ3n) is 5.44. The van der Waals surface area contributed by atoms with Crippen molar-refractivity contribution in [2.24, 2.45) is 11.8 Å². The molecule has 3 amide bonds. The van der Waals surface area contributed by atoms with Crippen molar-refractivity contribution in [3.63, 3.8) is 0 Å². The fourth-order valence-corrected chi connectivity index (χ4v) is 3.89. The van der Waals surface area contributed by atoms with E-state index in [-0.39, 0.29) is 18.0 Å². The first-order chi connectivity index (χ1) is 13.0. The van der Waals surface area contributed by atoms with Gasteiger partial charge in [0.1, 0.15) is 0 Å². The molecule has 1 saturated carbocycles. The molecule has 0 unspecified atom stereocenters. The van der Waals surface area contributed by atoms with Crippen molar-refractivity contribution >= 4 is 11.9 Å². The molecule has 4 rings (SSSR count). The predicted octanol–water partition coefficient (Wildman–Crippen LogP) is 1.99. The Kier molecular flexibility index (Phi) is 4.59. The number of nitrogens with one attached hydrogen (secondary N) is 1. The third kappa shape index (κ3) is 3.67. The van der Waals surface area contributed by atoms with E-state index in [0.717, 1.165) is 12.2 Å². The highest BCUT2D eigenvalue weighted by molar-refractivity contribution is 5.95. The summed E-state index contributed by atoms with van der Waals surface area (Å²) in [7, 11) is 3.53. The number of hydrogen-bond donors (Lipinski definition) is 1. The van der Waals surface area contributed by atoms with Crippen molar-refractivity contribution in [3.05, 3.63) is 48.3 Å². The Balaban J connectivity index is 1.48. The van der Waals surface area contributed by atoms with Crippen LogP contribution in [0.4, 0.5) is 4.79 Å². The molecule has 0 radical (unpaired) electrons. The standard InChI is InChI=1S/C20H25N5O2/c1-23(2)20(27)24-12-17(14-7-8-14)18(13-24)22-19(26)15-5-3-6-16(11-15)25-10-4-9-21-25/h3-6,9-11,14,17-18H,7-8,12-13H2,1-2H3,(H,22,26)/t17-,18+/m1/s1. The molecule has 1 saturated heterocycles. The second kappa shape index (κ2) is 7.06. The van der Waals surface area contributed by atoms with E-state index < -0.39 is 0 Å². The zero-order valence-electron chi connectivity index (χ0n) is 15.7. The molecule has 7 nitrogen and oxygen atoms in total. The molecule has 2 atom stereocenters. The lowest BCUT2D eigenvalue weighted by atomic mass is 9.98. The molecule has 142 valence electrons. The maximum absolute atomic E-state index is 12.9. The van der Waals surface area contributed by atoms with E-state index in [1.165, 1.54) is 12.8 Å². The van der Waals surface area contributed by atoms with Gasteiger partial charge < -0.3 is 15.1 Å². The Labute approximate surface area is 158 Å². The first-order valence-corrected chi connectivity index (χ1v) is 9.40. The van der Waals surface area contributed by atoms with E-state index in [2.05, 4.69) is 10.4 Å². The first-order valence-electron chi connectivity index (χ1n) is 9.40. The average Bonchev–Trinajstić information content (AvgIpc) is 3.19. The van der Waals surface area contributed by atoms with Gasteiger partial charge in [-0.15, -0.1) is 0 Å². The van der Waals surface area contributed by atoms with Gasteiger partial charge in [-0.3, -0.25) is 4.79 Å². The number of nitrogens with zero attached hydrogens (tertiary/aromatic N) is 4. The van der Waals surface area contributed by atoms with Gasteiger partial charge in [-0.05, 0) is 43.0 Å². The molecule has 1 aromatic carbocycles. The fraction of sp³-hybridized carbons (Fsp3) is 0.450. The van der Waals surface area contributed by atoms with Crippen molar-refractivity contribution in [2.45, 2.75) is 18.9 Å². The molecule has 1 N–H and O–H groups in total. The van der Waals surface area contributed by atoms with Crippen LogP contribution in [0.2, 0.25) is 0 Å². The Morgan fingerprint density at radius 3 is 2.67 bits per heavy atom. The maximum Gasteiger partial charge on any atom is 0.319 e. The Morgan fingerprint density at radius 2 is 2.00 bits per heavy atom. The van der Waals surface area contributed by atoms with Crippen LogP contribution in [-0.4, -0.2) is 64.7 Å². The number of benzene rings is 1. The van der Waals surface area contributed by atoms with Crippen LogP contribution in [0.5, 0.6) is 0 Å². The van der Waals surface area contributed by atoms with Gasteiger partial charge in [0, 0.05) is 51.1 Å². The number of rotatable bonds is 4. The Hall–Kier alpha value is -2.83. The largest absolute Gasteiger partial charge is 0.347 e. The van der Waals surface area contributed by atoms with E-state index in [1.807, 2.05) is 41.4 Å². The van der Waals surface area contributed by atoms with E-state index >= 15 is 0 Å². The fourth-order valence-electron chi connectivity index (χ4n) is 3.89. The zero-order valence-corrected chi connectivity index (χ0v) is 15.7. The molecule has 1 aromatic heterocycles. The van der Waals surface area contributed by atoms with Crippen LogP contribution in [0.25, 0.3) is 5.69 Å². The van der Waals surface area contributed by atoms with E-state index in [1.54, 1.807) is 29.9 Å². The lowest BCUT2D eigenvalue weighted by Crippen LogP contribution is -2.42. The predicted molar refractivity (Wildman–Crippen MR) is 102 cm³/mol. The number of carbonyl (C=O) groups is 2. The van der Waals surface area contributed by atoms with Crippen LogP contribution < -0.4 is 5.32 Å². The maximum atomic E-state index is 12.9. The van der Waals surface area contributed by atoms with Gasteiger partial charge in [-0.1, -0.05) is 6.07 Å². The van der Waals surface area contributed by atoms with Crippen LogP contribution in [0.1, 0.15) is 23.2 Å². The molecule has 2 heterocycles. The van der Waals surface area contributed by atoms with Crippen molar-refractivity contribution in [3.8, 4) is 5.69 Å². The summed E-state index contributed by atoms with van der Waals surface area (Å²) in [6.45, 7) is 1.29. The van der Waals surface area contributed by atoms with Gasteiger partial charge in [-0.2, -0.15) is 5.10 Å². The molecule has 0 spiro atoms. The number of carbonyl (C=O) groups excluding carboxylic acids is 2. The van der Waals surface area contributed by atoms with Crippen molar-refractivity contribution < 1.29 is 9.59 Å². The lowest BCUT2D eigenvalue weighted by Gasteiger charge is -2.21. The Bertz CT molecular complexity index is 829. The molecule has 1 aliphatic carbocycles. The smallest absolute Gasteiger partial charge is 0.319 e. The molecule has 0 bridgehead atoms. The summed E-state index contributed by atoms with van der Waals surface area (Å²) in [4.78, 5) is 28.7. The van der Waals surface area contributed by atoms with E-state index in [0.29, 0.717) is 23.9 Å². The van der Waals surface area contributed by atoms with Crippen LogP contribution in [0.3, 0.4) is 0 Å². The van der Waals surface area contributed by atoms with Gasteiger partial charge in [0.05, 0.1) is 11.7 Å². The molecule has 2 fully saturated rings. The zero-order chi connectivity index (χ0) is 19.0. The summed E-state index contributed by atoms with van der Waals surface area (Å²) in [6, 6.07) is 9.30. The second-order valence-corrected chi connectivity index (χ2v) is 7.66. The molecular formula is C20H25N5O2. The summed E-state index contributed by atoms with van der Waals surface area (Å²) in [6.07, 6.45) is 5.94. The molecular weight excluding hydrogens is 342 g/mol. The molecule has 2 aliphatic rings. The van der Waals surface area contributed by atoms with Crippen molar-refractivity contribution in [2.75, 3.05) is 27.2 Å². The topological polar surface area (TPSA) is 70.5 Å². The highest BCUT2D eigenvalue weighted by Crippen LogP contribution is 2.41. The third-order valence-corrected chi connectivity index (χ3v) is 5.44. The second-order valence-electron chi connectivity index (χ2n) is 7.66. The molecule has 27 heavy (non-hydrogen) atoms. The van der Waals surface area contributed by atoms with Gasteiger partial charge in [-0.25, -0.2) is 9.48 Å². The van der Waals surface area contributed by atoms with Crippen LogP contribution in [-0.2, 0) is 0 Å². The van der Waals surface area contributed by atoms with Crippen LogP contribution in [0, 0.1) is 11.8 Å². The summed E-state index contributed by atoms with van der Waals surface area (Å²) in [5.74, 6) is 0.858. The number of amides is 3. The summed E-state index contributed by atoms with van der Waals surface area (Å²) in [5.41, 5.74) is 1.46. The quantitative estimate of drug-likeness (QED) is 0.898. The van der Waals surface area contributed by atoms with Crippen LogP contribution in [0.15, 0.2) is 42.7 Å². The number of likely N-dealkylation sites (tertiary alicyclic amines) is 1. The SMILES string of the molecule is CN(C)C(=O)N1C[C@H](NC(=O)c2cccc(-n3cccn3)c2)[C@@H](C2CC2)C1. The minimum Gasteiger partial charge on any atom is -0.347 e. The van der Waals surface area contributed by atoms with E-state index in [4.69, 9.17) is 0 Å². The minimum absolute atomic E-state index is 0.00209. The van der Waals surface area contributed by atoms with Crippen molar-refractivity contribution in [1.29, 1.82) is 0 Å². The van der Waals surface area contributed by atoms with E-state index in [9.17, 15) is 9.59 Å². The van der Waals surface area contributed by atoms with Crippen LogP contribution >= 0.6 is 0 Å². The highest BCUT2D eigenvalue weighted by Gasteiger charge is 2.44. The summed E-state index contributed by atoms with van der Waals surface area (Å²) < 4.78 is 1.73. The molecule has 2 aromatic rings. The van der Waals surface area contributed by atoms with Crippen molar-refractivity contribution in [1.82, 2.24) is 24.9 Å². The first kappa shape index (κ1) is 17.6. The van der Waals surface area contributed by atoms with Gasteiger partial charge in [0.25, 0.3) is 5.91 Å². The minimum atomic E-state index is -0.0983. The van der Waals surface area contributed by atoms with Gasteiger partial charge in [0.15, 0.2) is 0 Å². The summed E-state index contributed by atoms with van der Waals surface area (Å²) in [5, 5.41) is 7.40. The number of aromatic nitrogens is 2.